The monoisotopic (exact) mass is 406 g/mol. The van der Waals surface area contributed by atoms with Gasteiger partial charge in [-0.15, -0.1) is 11.8 Å². The SMILES string of the molecule is CN=C(NCCSc1ccccc1)NCc1cccc(OCc2ccccn2)c1. The fourth-order valence-corrected chi connectivity index (χ4v) is 3.44. The lowest BCUT2D eigenvalue weighted by atomic mass is 10.2. The molecule has 0 amide bonds. The summed E-state index contributed by atoms with van der Waals surface area (Å²) < 4.78 is 5.85. The summed E-state index contributed by atoms with van der Waals surface area (Å²) in [6.45, 7) is 1.97. The predicted molar refractivity (Wildman–Crippen MR) is 120 cm³/mol. The van der Waals surface area contributed by atoms with E-state index in [2.05, 4.69) is 50.9 Å². The number of aliphatic imine (C=N–C) groups is 1. The first-order valence-electron chi connectivity index (χ1n) is 9.57. The van der Waals surface area contributed by atoms with E-state index >= 15 is 0 Å². The molecule has 2 aromatic carbocycles. The summed E-state index contributed by atoms with van der Waals surface area (Å²) in [7, 11) is 1.78. The van der Waals surface area contributed by atoms with Crippen LogP contribution in [0, 0.1) is 0 Å². The molecule has 6 heteroatoms. The zero-order valence-electron chi connectivity index (χ0n) is 16.5. The quantitative estimate of drug-likeness (QED) is 0.242. The first kappa shape index (κ1) is 20.7. The number of benzene rings is 2. The van der Waals surface area contributed by atoms with Gasteiger partial charge in [-0.3, -0.25) is 9.98 Å². The summed E-state index contributed by atoms with van der Waals surface area (Å²) in [5.74, 6) is 2.59. The number of hydrogen-bond donors (Lipinski definition) is 2. The van der Waals surface area contributed by atoms with Crippen LogP contribution < -0.4 is 15.4 Å². The molecular weight excluding hydrogens is 380 g/mol. The van der Waals surface area contributed by atoms with Gasteiger partial charge < -0.3 is 15.4 Å². The maximum absolute atomic E-state index is 5.85. The van der Waals surface area contributed by atoms with E-state index in [1.165, 1.54) is 4.90 Å². The molecule has 0 unspecified atom stereocenters. The van der Waals surface area contributed by atoms with E-state index < -0.39 is 0 Å². The van der Waals surface area contributed by atoms with Gasteiger partial charge in [0.05, 0.1) is 5.69 Å². The van der Waals surface area contributed by atoms with Crippen molar-refractivity contribution >= 4 is 17.7 Å². The van der Waals surface area contributed by atoms with Crippen LogP contribution in [-0.2, 0) is 13.2 Å². The van der Waals surface area contributed by atoms with Crippen LogP contribution in [-0.4, -0.2) is 30.3 Å². The highest BCUT2D eigenvalue weighted by molar-refractivity contribution is 7.99. The molecular formula is C23H26N4OS. The van der Waals surface area contributed by atoms with Gasteiger partial charge in [-0.05, 0) is 42.0 Å². The predicted octanol–water partition coefficient (Wildman–Crippen LogP) is 4.12. The Kier molecular flexibility index (Phi) is 8.41. The van der Waals surface area contributed by atoms with Gasteiger partial charge in [0, 0.05) is 37.0 Å². The van der Waals surface area contributed by atoms with E-state index in [1.54, 1.807) is 13.2 Å². The number of nitrogens with zero attached hydrogens (tertiary/aromatic N) is 2. The summed E-state index contributed by atoms with van der Waals surface area (Å²) in [5, 5.41) is 6.70. The Morgan fingerprint density at radius 2 is 1.86 bits per heavy atom. The normalized spacial score (nSPS) is 11.1. The fourth-order valence-electron chi connectivity index (χ4n) is 2.65. The minimum Gasteiger partial charge on any atom is -0.487 e. The molecule has 3 aromatic rings. The molecule has 0 saturated heterocycles. The molecule has 0 bridgehead atoms. The van der Waals surface area contributed by atoms with Crippen LogP contribution in [0.4, 0.5) is 0 Å². The van der Waals surface area contributed by atoms with Gasteiger partial charge in [-0.25, -0.2) is 0 Å². The van der Waals surface area contributed by atoms with Crippen LogP contribution in [0.5, 0.6) is 5.75 Å². The Labute approximate surface area is 176 Å². The van der Waals surface area contributed by atoms with Crippen molar-refractivity contribution in [3.63, 3.8) is 0 Å². The highest BCUT2D eigenvalue weighted by Crippen LogP contribution is 2.16. The molecule has 1 heterocycles. The molecule has 0 radical (unpaired) electrons. The summed E-state index contributed by atoms with van der Waals surface area (Å²) in [6, 6.07) is 24.3. The summed E-state index contributed by atoms with van der Waals surface area (Å²) in [5.41, 5.74) is 2.04. The standard InChI is InChI=1S/C23H26N4OS/c1-24-23(26-14-15-29-22-11-3-2-4-12-22)27-17-19-8-7-10-21(16-19)28-18-20-9-5-6-13-25-20/h2-13,16H,14-15,17-18H2,1H3,(H2,24,26,27). The van der Waals surface area contributed by atoms with Gasteiger partial charge in [0.15, 0.2) is 5.96 Å². The molecule has 1 aromatic heterocycles. The third kappa shape index (κ3) is 7.50. The van der Waals surface area contributed by atoms with Gasteiger partial charge in [0.2, 0.25) is 0 Å². The zero-order chi connectivity index (χ0) is 20.2. The highest BCUT2D eigenvalue weighted by Gasteiger charge is 2.02. The van der Waals surface area contributed by atoms with E-state index in [0.717, 1.165) is 35.3 Å². The molecule has 0 aliphatic heterocycles. The van der Waals surface area contributed by atoms with Crippen LogP contribution in [0.15, 0.2) is 88.9 Å². The van der Waals surface area contributed by atoms with E-state index in [0.29, 0.717) is 13.2 Å². The van der Waals surface area contributed by atoms with E-state index in [1.807, 2.05) is 54.2 Å². The minimum atomic E-state index is 0.458. The van der Waals surface area contributed by atoms with Crippen molar-refractivity contribution in [3.8, 4) is 5.75 Å². The largest absolute Gasteiger partial charge is 0.487 e. The molecule has 5 nitrogen and oxygen atoms in total. The van der Waals surface area contributed by atoms with Gasteiger partial charge in [0.25, 0.3) is 0 Å². The molecule has 0 spiro atoms. The van der Waals surface area contributed by atoms with Gasteiger partial charge in [0.1, 0.15) is 12.4 Å². The number of rotatable bonds is 9. The van der Waals surface area contributed by atoms with Crippen LogP contribution in [0.1, 0.15) is 11.3 Å². The smallest absolute Gasteiger partial charge is 0.191 e. The van der Waals surface area contributed by atoms with Crippen molar-refractivity contribution in [2.45, 2.75) is 18.0 Å². The van der Waals surface area contributed by atoms with Gasteiger partial charge >= 0.3 is 0 Å². The van der Waals surface area contributed by atoms with Crippen LogP contribution >= 0.6 is 11.8 Å². The number of ether oxygens (including phenoxy) is 1. The Hall–Kier alpha value is -2.99. The average Bonchev–Trinajstić information content (AvgIpc) is 2.79. The van der Waals surface area contributed by atoms with Crippen molar-refractivity contribution in [3.05, 3.63) is 90.3 Å². The Morgan fingerprint density at radius 3 is 2.66 bits per heavy atom. The molecule has 0 fully saturated rings. The lowest BCUT2D eigenvalue weighted by Gasteiger charge is -2.13. The third-order valence-corrected chi connectivity index (χ3v) is 5.12. The fraction of sp³-hybridized carbons (Fsp3) is 0.217. The number of aromatic nitrogens is 1. The molecule has 0 aliphatic rings. The molecule has 0 saturated carbocycles. The Bertz CT molecular complexity index is 888. The number of nitrogens with one attached hydrogen (secondary N) is 2. The maximum Gasteiger partial charge on any atom is 0.191 e. The average molecular weight is 407 g/mol. The van der Waals surface area contributed by atoms with E-state index in [4.69, 9.17) is 4.74 Å². The Balaban J connectivity index is 1.40. The van der Waals surface area contributed by atoms with Gasteiger partial charge in [-0.2, -0.15) is 0 Å². The summed E-state index contributed by atoms with van der Waals surface area (Å²) >= 11 is 1.83. The lowest BCUT2D eigenvalue weighted by molar-refractivity contribution is 0.301. The van der Waals surface area contributed by atoms with Crippen LogP contribution in [0.25, 0.3) is 0 Å². The second-order valence-electron chi connectivity index (χ2n) is 6.27. The first-order chi connectivity index (χ1) is 14.3. The molecule has 150 valence electrons. The zero-order valence-corrected chi connectivity index (χ0v) is 17.4. The topological polar surface area (TPSA) is 58.5 Å². The minimum absolute atomic E-state index is 0.458. The number of pyridine rings is 1. The highest BCUT2D eigenvalue weighted by atomic mass is 32.2. The second kappa shape index (κ2) is 11.8. The summed E-state index contributed by atoms with van der Waals surface area (Å²) in [4.78, 5) is 9.85. The van der Waals surface area contributed by atoms with Crippen molar-refractivity contribution < 1.29 is 4.74 Å². The van der Waals surface area contributed by atoms with Crippen LogP contribution in [0.2, 0.25) is 0 Å². The van der Waals surface area contributed by atoms with E-state index in [9.17, 15) is 0 Å². The molecule has 2 N–H and O–H groups in total. The maximum atomic E-state index is 5.85. The lowest BCUT2D eigenvalue weighted by Crippen LogP contribution is -2.37. The summed E-state index contributed by atoms with van der Waals surface area (Å²) in [6.07, 6.45) is 1.77. The van der Waals surface area contributed by atoms with Gasteiger partial charge in [-0.1, -0.05) is 36.4 Å². The van der Waals surface area contributed by atoms with Crippen molar-refractivity contribution in [2.24, 2.45) is 4.99 Å². The number of guanidine groups is 1. The third-order valence-electron chi connectivity index (χ3n) is 4.10. The molecule has 0 atom stereocenters. The molecule has 29 heavy (non-hydrogen) atoms. The Morgan fingerprint density at radius 1 is 1.00 bits per heavy atom. The molecule has 3 rings (SSSR count). The first-order valence-corrected chi connectivity index (χ1v) is 10.6. The number of thioether (sulfide) groups is 1. The van der Waals surface area contributed by atoms with Crippen molar-refractivity contribution in [1.82, 2.24) is 15.6 Å². The van der Waals surface area contributed by atoms with Crippen LogP contribution in [0.3, 0.4) is 0 Å². The van der Waals surface area contributed by atoms with Crippen molar-refractivity contribution in [1.29, 1.82) is 0 Å². The number of hydrogen-bond acceptors (Lipinski definition) is 4. The van der Waals surface area contributed by atoms with E-state index in [-0.39, 0.29) is 0 Å². The molecule has 0 aliphatic carbocycles. The second-order valence-corrected chi connectivity index (χ2v) is 7.44. The van der Waals surface area contributed by atoms with Crippen molar-refractivity contribution in [2.75, 3.05) is 19.3 Å².